The number of nitrogens with one attached hydrogen (secondary N) is 2. The van der Waals surface area contributed by atoms with Crippen molar-refractivity contribution >= 4 is 5.78 Å². The minimum Gasteiger partial charge on any atom is -0.385 e. The van der Waals surface area contributed by atoms with E-state index in [-0.39, 0.29) is 17.9 Å². The number of carbonyl (C=O) groups excluding carboxylic acids is 1. The maximum atomic E-state index is 11.4. The van der Waals surface area contributed by atoms with Gasteiger partial charge >= 0.3 is 0 Å². The van der Waals surface area contributed by atoms with Crippen LogP contribution in [-0.2, 0) is 4.79 Å². The zero-order valence-corrected chi connectivity index (χ0v) is 7.99. The molecular formula is C11H14N2O. The molecule has 1 saturated heterocycles. The van der Waals surface area contributed by atoms with Gasteiger partial charge in [-0.2, -0.15) is 0 Å². The zero-order valence-electron chi connectivity index (χ0n) is 7.99. The van der Waals surface area contributed by atoms with Gasteiger partial charge in [0.1, 0.15) is 0 Å². The molecule has 1 aliphatic carbocycles. The fraction of sp³-hybridized carbons (Fsp3) is 0.364. The van der Waals surface area contributed by atoms with Crippen LogP contribution in [-0.4, -0.2) is 24.4 Å². The fourth-order valence-electron chi connectivity index (χ4n) is 1.82. The van der Waals surface area contributed by atoms with Crippen LogP contribution < -0.4 is 10.6 Å². The summed E-state index contributed by atoms with van der Waals surface area (Å²) in [5.74, 6) is 0.0612. The van der Waals surface area contributed by atoms with Crippen molar-refractivity contribution in [2.24, 2.45) is 0 Å². The molecule has 14 heavy (non-hydrogen) atoms. The van der Waals surface area contributed by atoms with Crippen molar-refractivity contribution in [3.63, 3.8) is 0 Å². The molecule has 2 unspecified atom stereocenters. The molecule has 74 valence electrons. The molecule has 2 atom stereocenters. The highest BCUT2D eigenvalue weighted by molar-refractivity contribution is 5.94. The molecule has 0 radical (unpaired) electrons. The van der Waals surface area contributed by atoms with E-state index in [4.69, 9.17) is 0 Å². The van der Waals surface area contributed by atoms with Gasteiger partial charge in [0.05, 0.1) is 12.1 Å². The lowest BCUT2D eigenvalue weighted by Crippen LogP contribution is -2.56. The molecule has 0 bridgehead atoms. The molecule has 1 aliphatic heterocycles. The summed E-state index contributed by atoms with van der Waals surface area (Å²) in [7, 11) is 0. The molecule has 2 N–H and O–H groups in total. The number of rotatable bonds is 2. The number of ketones is 1. The average Bonchev–Trinajstić information content (AvgIpc) is 2.27. The standard InChI is InChI=1S/C11H14N2O/c1-2-11(14)10-7-12-8-5-3-4-6-9(8)13-10/h2-5,9-10,12-13H,1,6-7H2. The maximum absolute atomic E-state index is 11.4. The molecule has 0 spiro atoms. The molecule has 0 amide bonds. The first-order valence-electron chi connectivity index (χ1n) is 4.84. The van der Waals surface area contributed by atoms with Gasteiger partial charge in [-0.3, -0.25) is 10.1 Å². The van der Waals surface area contributed by atoms with Crippen LogP contribution in [0.1, 0.15) is 6.42 Å². The van der Waals surface area contributed by atoms with Crippen LogP contribution >= 0.6 is 0 Å². The van der Waals surface area contributed by atoms with Gasteiger partial charge in [-0.1, -0.05) is 18.7 Å². The average molecular weight is 190 g/mol. The Labute approximate surface area is 83.6 Å². The van der Waals surface area contributed by atoms with E-state index < -0.39 is 0 Å². The third kappa shape index (κ3) is 1.63. The summed E-state index contributed by atoms with van der Waals surface area (Å²) < 4.78 is 0. The van der Waals surface area contributed by atoms with Gasteiger partial charge in [-0.25, -0.2) is 0 Å². The summed E-state index contributed by atoms with van der Waals surface area (Å²) in [6.45, 7) is 4.15. The van der Waals surface area contributed by atoms with Gasteiger partial charge in [0.2, 0.25) is 0 Å². The van der Waals surface area contributed by atoms with Gasteiger partial charge in [-0.05, 0) is 18.6 Å². The highest BCUT2D eigenvalue weighted by Gasteiger charge is 2.27. The zero-order chi connectivity index (χ0) is 9.97. The van der Waals surface area contributed by atoms with E-state index in [1.165, 1.54) is 11.8 Å². The highest BCUT2D eigenvalue weighted by Crippen LogP contribution is 2.14. The highest BCUT2D eigenvalue weighted by atomic mass is 16.1. The van der Waals surface area contributed by atoms with Crippen LogP contribution in [0.4, 0.5) is 0 Å². The van der Waals surface area contributed by atoms with Gasteiger partial charge in [0.15, 0.2) is 5.78 Å². The number of hydrogen-bond donors (Lipinski definition) is 2. The summed E-state index contributed by atoms with van der Waals surface area (Å²) in [5, 5.41) is 6.57. The summed E-state index contributed by atoms with van der Waals surface area (Å²) in [6.07, 6.45) is 8.52. The second kappa shape index (κ2) is 3.80. The second-order valence-corrected chi connectivity index (χ2v) is 3.55. The lowest BCUT2D eigenvalue weighted by molar-refractivity contribution is -0.116. The predicted molar refractivity (Wildman–Crippen MR) is 55.8 cm³/mol. The lowest BCUT2D eigenvalue weighted by Gasteiger charge is -2.34. The molecule has 3 heteroatoms. The summed E-state index contributed by atoms with van der Waals surface area (Å²) in [4.78, 5) is 11.4. The minimum atomic E-state index is -0.124. The first-order valence-corrected chi connectivity index (χ1v) is 4.84. The molecule has 2 aliphatic rings. The molecular weight excluding hydrogens is 176 g/mol. The van der Waals surface area contributed by atoms with Crippen LogP contribution in [0.15, 0.2) is 36.6 Å². The Balaban J connectivity index is 2.05. The maximum Gasteiger partial charge on any atom is 0.173 e. The summed E-state index contributed by atoms with van der Waals surface area (Å²) >= 11 is 0. The van der Waals surface area contributed by atoms with Crippen LogP contribution in [0, 0.1) is 0 Å². The lowest BCUT2D eigenvalue weighted by atomic mass is 9.99. The Morgan fingerprint density at radius 3 is 3.29 bits per heavy atom. The number of piperazine rings is 1. The Morgan fingerprint density at radius 2 is 2.50 bits per heavy atom. The molecule has 0 saturated carbocycles. The third-order valence-corrected chi connectivity index (χ3v) is 2.62. The number of fused-ring (bicyclic) bond motifs is 1. The van der Waals surface area contributed by atoms with Crippen molar-refractivity contribution in [1.29, 1.82) is 0 Å². The molecule has 3 nitrogen and oxygen atoms in total. The van der Waals surface area contributed by atoms with Crippen molar-refractivity contribution in [1.82, 2.24) is 10.6 Å². The van der Waals surface area contributed by atoms with E-state index in [0.717, 1.165) is 6.42 Å². The normalized spacial score (nSPS) is 29.9. The van der Waals surface area contributed by atoms with Gasteiger partial charge < -0.3 is 5.32 Å². The van der Waals surface area contributed by atoms with E-state index in [1.807, 2.05) is 6.08 Å². The summed E-state index contributed by atoms with van der Waals surface area (Å²) in [5.41, 5.74) is 1.18. The van der Waals surface area contributed by atoms with Crippen LogP contribution in [0.5, 0.6) is 0 Å². The van der Waals surface area contributed by atoms with Crippen molar-refractivity contribution in [3.05, 3.63) is 36.6 Å². The SMILES string of the molecule is C=CC(=O)C1CNC2=CC=CCC2N1. The Hall–Kier alpha value is -1.35. The molecule has 0 aromatic carbocycles. The second-order valence-electron chi connectivity index (χ2n) is 3.55. The third-order valence-electron chi connectivity index (χ3n) is 2.62. The molecule has 0 aromatic rings. The fourth-order valence-corrected chi connectivity index (χ4v) is 1.82. The van der Waals surface area contributed by atoms with Crippen molar-refractivity contribution < 1.29 is 4.79 Å². The van der Waals surface area contributed by atoms with Crippen LogP contribution in [0.3, 0.4) is 0 Å². The molecule has 1 fully saturated rings. The Morgan fingerprint density at radius 1 is 1.64 bits per heavy atom. The van der Waals surface area contributed by atoms with Gasteiger partial charge in [-0.15, -0.1) is 0 Å². The number of allylic oxidation sites excluding steroid dienone is 2. The molecule has 0 aromatic heterocycles. The monoisotopic (exact) mass is 190 g/mol. The smallest absolute Gasteiger partial charge is 0.173 e. The van der Waals surface area contributed by atoms with E-state index in [2.05, 4.69) is 29.4 Å². The predicted octanol–water partition coefficient (Wildman–Crippen LogP) is 0.515. The number of carbonyl (C=O) groups is 1. The first kappa shape index (κ1) is 9.21. The van der Waals surface area contributed by atoms with E-state index in [0.29, 0.717) is 6.54 Å². The topological polar surface area (TPSA) is 41.1 Å². The van der Waals surface area contributed by atoms with Crippen molar-refractivity contribution in [2.75, 3.05) is 6.54 Å². The molecule has 2 rings (SSSR count). The van der Waals surface area contributed by atoms with Crippen molar-refractivity contribution in [2.45, 2.75) is 18.5 Å². The van der Waals surface area contributed by atoms with Crippen molar-refractivity contribution in [3.8, 4) is 0 Å². The molecule has 1 heterocycles. The van der Waals surface area contributed by atoms with Gasteiger partial charge in [0.25, 0.3) is 0 Å². The first-order chi connectivity index (χ1) is 6.81. The Kier molecular flexibility index (Phi) is 2.50. The van der Waals surface area contributed by atoms with E-state index >= 15 is 0 Å². The van der Waals surface area contributed by atoms with Crippen LogP contribution in [0.2, 0.25) is 0 Å². The summed E-state index contributed by atoms with van der Waals surface area (Å²) in [6, 6.07) is 0.142. The minimum absolute atomic E-state index is 0.0612. The van der Waals surface area contributed by atoms with Crippen LogP contribution in [0.25, 0.3) is 0 Å². The largest absolute Gasteiger partial charge is 0.385 e. The Bertz CT molecular complexity index is 317. The van der Waals surface area contributed by atoms with E-state index in [9.17, 15) is 4.79 Å². The number of hydrogen-bond acceptors (Lipinski definition) is 3. The quantitative estimate of drug-likeness (QED) is 0.624. The van der Waals surface area contributed by atoms with Gasteiger partial charge in [0, 0.05) is 12.2 Å². The van der Waals surface area contributed by atoms with E-state index in [1.54, 1.807) is 0 Å².